The van der Waals surface area contributed by atoms with Crippen LogP contribution in [0.4, 0.5) is 0 Å². The highest BCUT2D eigenvalue weighted by atomic mass is 79.9. The maximum absolute atomic E-state index is 4.72. The lowest BCUT2D eigenvalue weighted by Gasteiger charge is -2.13. The number of benzene rings is 1. The molecule has 22 heavy (non-hydrogen) atoms. The molecule has 0 N–H and O–H groups in total. The van der Waals surface area contributed by atoms with E-state index in [2.05, 4.69) is 43.2 Å². The van der Waals surface area contributed by atoms with Gasteiger partial charge < -0.3 is 0 Å². The second-order valence-electron chi connectivity index (χ2n) is 4.68. The fourth-order valence-corrected chi connectivity index (χ4v) is 3.43. The van der Waals surface area contributed by atoms with Gasteiger partial charge in [0.05, 0.1) is 5.71 Å². The number of aromatic nitrogens is 4. The first-order valence-corrected chi connectivity index (χ1v) is 8.42. The van der Waals surface area contributed by atoms with E-state index >= 15 is 0 Å². The molecule has 3 heterocycles. The largest absolute Gasteiger partial charge is 0.253 e. The molecule has 0 amide bonds. The molecule has 0 unspecified atom stereocenters. The minimum absolute atomic E-state index is 0.662. The first-order valence-electron chi connectivity index (χ1n) is 6.65. The van der Waals surface area contributed by atoms with Gasteiger partial charge in [-0.2, -0.15) is 9.78 Å². The predicted molar refractivity (Wildman–Crippen MR) is 90.1 cm³/mol. The summed E-state index contributed by atoms with van der Waals surface area (Å²) in [6.45, 7) is 0. The maximum Gasteiger partial charge on any atom is 0.212 e. The Morgan fingerprint density at radius 3 is 2.86 bits per heavy atom. The minimum atomic E-state index is 0.662. The Balaban J connectivity index is 1.81. The van der Waals surface area contributed by atoms with Gasteiger partial charge in [-0.1, -0.05) is 45.9 Å². The quantitative estimate of drug-likeness (QED) is 0.691. The van der Waals surface area contributed by atoms with Crippen molar-refractivity contribution in [3.8, 4) is 11.5 Å². The average Bonchev–Trinajstić information content (AvgIpc) is 2.99. The van der Waals surface area contributed by atoms with Crippen molar-refractivity contribution in [2.75, 3.05) is 5.75 Å². The number of rotatable bonds is 2. The summed E-state index contributed by atoms with van der Waals surface area (Å²) < 4.78 is 2.81. The minimum Gasteiger partial charge on any atom is -0.253 e. The number of hydrogen-bond acceptors (Lipinski definition) is 5. The van der Waals surface area contributed by atoms with E-state index in [1.165, 1.54) is 0 Å². The fourth-order valence-electron chi connectivity index (χ4n) is 2.19. The van der Waals surface area contributed by atoms with Gasteiger partial charge >= 0.3 is 0 Å². The predicted octanol–water partition coefficient (Wildman–Crippen LogP) is 3.46. The van der Waals surface area contributed by atoms with E-state index in [1.54, 1.807) is 22.6 Å². The van der Waals surface area contributed by atoms with Crippen LogP contribution in [0.3, 0.4) is 0 Å². The van der Waals surface area contributed by atoms with Crippen molar-refractivity contribution < 1.29 is 0 Å². The molecule has 0 aliphatic carbocycles. The van der Waals surface area contributed by atoms with E-state index in [0.717, 1.165) is 32.4 Å². The molecule has 1 aliphatic rings. The fraction of sp³-hybridized carbons (Fsp3) is 0.0667. The van der Waals surface area contributed by atoms with Crippen LogP contribution < -0.4 is 0 Å². The Bertz CT molecular complexity index is 859. The van der Waals surface area contributed by atoms with Crippen molar-refractivity contribution in [1.29, 1.82) is 0 Å². The molecule has 2 aromatic heterocycles. The van der Waals surface area contributed by atoms with Crippen LogP contribution >= 0.6 is 27.7 Å². The summed E-state index contributed by atoms with van der Waals surface area (Å²) in [4.78, 5) is 4.33. The highest BCUT2D eigenvalue weighted by Crippen LogP contribution is 2.28. The molecule has 0 radical (unpaired) electrons. The average molecular weight is 372 g/mol. The highest BCUT2D eigenvalue weighted by molar-refractivity contribution is 9.10. The van der Waals surface area contributed by atoms with Crippen LogP contribution in [0, 0.1) is 0 Å². The normalized spacial score (nSPS) is 13.6. The van der Waals surface area contributed by atoms with Gasteiger partial charge in [0.15, 0.2) is 0 Å². The van der Waals surface area contributed by atoms with Gasteiger partial charge in [0, 0.05) is 16.4 Å². The monoisotopic (exact) mass is 371 g/mol. The molecule has 0 saturated carbocycles. The van der Waals surface area contributed by atoms with E-state index in [0.29, 0.717) is 5.82 Å². The zero-order chi connectivity index (χ0) is 14.9. The summed E-state index contributed by atoms with van der Waals surface area (Å²) in [5.74, 6) is 1.44. The summed E-state index contributed by atoms with van der Waals surface area (Å²) in [5.41, 5.74) is 2.85. The number of thioether (sulfide) groups is 1. The zero-order valence-corrected chi connectivity index (χ0v) is 13.8. The molecule has 4 rings (SSSR count). The Morgan fingerprint density at radius 1 is 1.09 bits per heavy atom. The highest BCUT2D eigenvalue weighted by Gasteiger charge is 2.21. The molecular formula is C15H10BrN5S. The van der Waals surface area contributed by atoms with Gasteiger partial charge in [-0.05, 0) is 29.8 Å². The summed E-state index contributed by atoms with van der Waals surface area (Å²) in [6, 6.07) is 13.8. The summed E-state index contributed by atoms with van der Waals surface area (Å²) in [6.07, 6.45) is 1.74. The number of hydrogen-bond donors (Lipinski definition) is 0. The van der Waals surface area contributed by atoms with Gasteiger partial charge in [-0.25, -0.2) is 0 Å². The molecular weight excluding hydrogens is 362 g/mol. The first-order chi connectivity index (χ1) is 10.8. The van der Waals surface area contributed by atoms with Gasteiger partial charge in [-0.15, -0.1) is 10.2 Å². The number of nitrogens with zero attached hydrogens (tertiary/aromatic N) is 5. The third kappa shape index (κ3) is 2.46. The van der Waals surface area contributed by atoms with Crippen LogP contribution in [-0.2, 0) is 0 Å². The van der Waals surface area contributed by atoms with Gasteiger partial charge in [0.1, 0.15) is 5.69 Å². The Morgan fingerprint density at radius 2 is 2.05 bits per heavy atom. The van der Waals surface area contributed by atoms with Crippen molar-refractivity contribution >= 4 is 33.4 Å². The standard InChI is InChI=1S/C15H10BrN5S/c16-11-5-3-4-10(8-11)13-9-22-15-19-18-14(21(15)20-13)12-6-1-2-7-17-12/h1-8H,9H2. The SMILES string of the molecule is Brc1cccc(C2=Nn3c(nnc3-c3ccccn3)SC2)c1. The summed E-state index contributed by atoms with van der Waals surface area (Å²) >= 11 is 5.13. The van der Waals surface area contributed by atoms with Gasteiger partial charge in [0.2, 0.25) is 11.0 Å². The molecule has 3 aromatic rings. The molecule has 0 fully saturated rings. The van der Waals surface area contributed by atoms with Crippen molar-refractivity contribution in [2.45, 2.75) is 5.16 Å². The Kier molecular flexibility index (Phi) is 3.51. The van der Waals surface area contributed by atoms with Crippen LogP contribution in [0.2, 0.25) is 0 Å². The lowest BCUT2D eigenvalue weighted by atomic mass is 10.1. The topological polar surface area (TPSA) is 56.0 Å². The summed E-state index contributed by atoms with van der Waals surface area (Å²) in [7, 11) is 0. The van der Waals surface area contributed by atoms with E-state index < -0.39 is 0 Å². The number of pyridine rings is 1. The van der Waals surface area contributed by atoms with E-state index in [9.17, 15) is 0 Å². The van der Waals surface area contributed by atoms with E-state index in [1.807, 2.05) is 30.3 Å². The van der Waals surface area contributed by atoms with Gasteiger partial charge in [-0.3, -0.25) is 4.98 Å². The smallest absolute Gasteiger partial charge is 0.212 e. The summed E-state index contributed by atoms with van der Waals surface area (Å²) in [5, 5.41) is 13.9. The van der Waals surface area contributed by atoms with Crippen LogP contribution in [-0.4, -0.2) is 31.3 Å². The zero-order valence-electron chi connectivity index (χ0n) is 11.3. The van der Waals surface area contributed by atoms with Crippen molar-refractivity contribution in [1.82, 2.24) is 19.9 Å². The molecule has 1 aliphatic heterocycles. The molecule has 7 heteroatoms. The van der Waals surface area contributed by atoms with Crippen LogP contribution in [0.25, 0.3) is 11.5 Å². The van der Waals surface area contributed by atoms with Crippen LogP contribution in [0.5, 0.6) is 0 Å². The molecule has 108 valence electrons. The first kappa shape index (κ1) is 13.7. The van der Waals surface area contributed by atoms with Crippen LogP contribution in [0.1, 0.15) is 5.56 Å². The second kappa shape index (κ2) is 5.66. The van der Waals surface area contributed by atoms with Crippen molar-refractivity contribution in [3.05, 3.63) is 58.7 Å². The van der Waals surface area contributed by atoms with E-state index in [-0.39, 0.29) is 0 Å². The van der Waals surface area contributed by atoms with E-state index in [4.69, 9.17) is 5.10 Å². The van der Waals surface area contributed by atoms with Crippen molar-refractivity contribution in [2.24, 2.45) is 5.10 Å². The molecule has 0 saturated heterocycles. The lowest BCUT2D eigenvalue weighted by molar-refractivity contribution is 0.761. The van der Waals surface area contributed by atoms with Gasteiger partial charge in [0.25, 0.3) is 0 Å². The maximum atomic E-state index is 4.72. The van der Waals surface area contributed by atoms with Crippen molar-refractivity contribution in [3.63, 3.8) is 0 Å². The molecule has 0 atom stereocenters. The number of fused-ring (bicyclic) bond motifs is 1. The Hall–Kier alpha value is -1.99. The molecule has 5 nitrogen and oxygen atoms in total. The molecule has 0 spiro atoms. The third-order valence-electron chi connectivity index (χ3n) is 3.22. The molecule has 0 bridgehead atoms. The molecule has 1 aromatic carbocycles. The van der Waals surface area contributed by atoms with Crippen LogP contribution in [0.15, 0.2) is 63.4 Å². The Labute approximate surface area is 139 Å². The lowest BCUT2D eigenvalue weighted by Crippen LogP contribution is -2.13. The third-order valence-corrected chi connectivity index (χ3v) is 4.65. The number of halogens is 1. The second-order valence-corrected chi connectivity index (χ2v) is 6.54.